The van der Waals surface area contributed by atoms with E-state index in [1.54, 1.807) is 12.1 Å². The lowest BCUT2D eigenvalue weighted by molar-refractivity contribution is 0.0927. The Hall–Kier alpha value is -2.03. The first kappa shape index (κ1) is 21.0. The standard InChI is InChI=1S/C18H24N4O2.HI/c1-3-19-18(22-14(2)15-8-5-4-6-9-15)21-12-11-20-17(23)16-10-7-13-24-16;/h4-10,13-14H,3,11-12H2,1-2H3,(H,20,23)(H2,19,21,22);1H. The molecule has 0 fully saturated rings. The average Bonchev–Trinajstić information content (AvgIpc) is 3.14. The lowest BCUT2D eigenvalue weighted by atomic mass is 10.1. The summed E-state index contributed by atoms with van der Waals surface area (Å²) in [7, 11) is 0. The van der Waals surface area contributed by atoms with Crippen LogP contribution in [0.25, 0.3) is 0 Å². The Morgan fingerprint density at radius 1 is 1.16 bits per heavy atom. The first-order valence-corrected chi connectivity index (χ1v) is 8.12. The number of aliphatic imine (C=N–C) groups is 1. The van der Waals surface area contributed by atoms with E-state index in [0.29, 0.717) is 18.8 Å². The SMILES string of the molecule is CCNC(=NCCNC(=O)c1ccco1)NC(C)c1ccccc1.I. The molecule has 2 rings (SSSR count). The van der Waals surface area contributed by atoms with Crippen LogP contribution in [0.5, 0.6) is 0 Å². The van der Waals surface area contributed by atoms with Gasteiger partial charge >= 0.3 is 0 Å². The molecule has 7 heteroatoms. The van der Waals surface area contributed by atoms with Gasteiger partial charge in [0.15, 0.2) is 11.7 Å². The van der Waals surface area contributed by atoms with Gasteiger partial charge in [0.2, 0.25) is 0 Å². The van der Waals surface area contributed by atoms with Gasteiger partial charge in [-0.3, -0.25) is 9.79 Å². The van der Waals surface area contributed by atoms with Crippen molar-refractivity contribution in [3.8, 4) is 0 Å². The number of hydrogen-bond donors (Lipinski definition) is 3. The molecule has 1 amide bonds. The van der Waals surface area contributed by atoms with Gasteiger partial charge in [-0.2, -0.15) is 0 Å². The maximum atomic E-state index is 11.8. The molecule has 6 nitrogen and oxygen atoms in total. The maximum absolute atomic E-state index is 11.8. The van der Waals surface area contributed by atoms with Crippen molar-refractivity contribution in [3.05, 3.63) is 60.1 Å². The monoisotopic (exact) mass is 456 g/mol. The van der Waals surface area contributed by atoms with Crippen molar-refractivity contribution in [2.75, 3.05) is 19.6 Å². The highest BCUT2D eigenvalue weighted by atomic mass is 127. The van der Waals surface area contributed by atoms with E-state index < -0.39 is 0 Å². The maximum Gasteiger partial charge on any atom is 0.287 e. The summed E-state index contributed by atoms with van der Waals surface area (Å²) < 4.78 is 5.04. The van der Waals surface area contributed by atoms with Gasteiger partial charge in [-0.15, -0.1) is 24.0 Å². The molecule has 136 valence electrons. The van der Waals surface area contributed by atoms with E-state index in [-0.39, 0.29) is 35.9 Å². The largest absolute Gasteiger partial charge is 0.459 e. The molecule has 1 aromatic carbocycles. The summed E-state index contributed by atoms with van der Waals surface area (Å²) in [6.45, 7) is 5.79. The van der Waals surface area contributed by atoms with Gasteiger partial charge in [-0.25, -0.2) is 0 Å². The van der Waals surface area contributed by atoms with E-state index in [4.69, 9.17) is 4.42 Å². The van der Waals surface area contributed by atoms with E-state index >= 15 is 0 Å². The van der Waals surface area contributed by atoms with Crippen molar-refractivity contribution in [1.82, 2.24) is 16.0 Å². The van der Waals surface area contributed by atoms with Gasteiger partial charge in [0.1, 0.15) is 0 Å². The number of rotatable bonds is 7. The van der Waals surface area contributed by atoms with Gasteiger partial charge < -0.3 is 20.4 Å². The lowest BCUT2D eigenvalue weighted by Crippen LogP contribution is -2.39. The fraction of sp³-hybridized carbons (Fsp3) is 0.333. The van der Waals surface area contributed by atoms with Crippen molar-refractivity contribution in [1.29, 1.82) is 0 Å². The van der Waals surface area contributed by atoms with Crippen LogP contribution >= 0.6 is 24.0 Å². The molecule has 1 atom stereocenters. The van der Waals surface area contributed by atoms with E-state index in [9.17, 15) is 4.79 Å². The molecule has 25 heavy (non-hydrogen) atoms. The number of carbonyl (C=O) groups is 1. The summed E-state index contributed by atoms with van der Waals surface area (Å²) in [6, 6.07) is 13.6. The second kappa shape index (κ2) is 11.5. The second-order valence-corrected chi connectivity index (χ2v) is 5.27. The number of nitrogens with zero attached hydrogens (tertiary/aromatic N) is 1. The highest BCUT2D eigenvalue weighted by molar-refractivity contribution is 14.0. The molecule has 0 aliphatic carbocycles. The Kier molecular flexibility index (Phi) is 9.68. The predicted molar refractivity (Wildman–Crippen MR) is 110 cm³/mol. The summed E-state index contributed by atoms with van der Waals surface area (Å²) in [5.74, 6) is 0.800. The van der Waals surface area contributed by atoms with Crippen LogP contribution in [-0.4, -0.2) is 31.5 Å². The van der Waals surface area contributed by atoms with E-state index in [1.165, 1.54) is 11.8 Å². The Bertz CT molecular complexity index is 644. The Balaban J connectivity index is 0.00000312. The van der Waals surface area contributed by atoms with Crippen LogP contribution in [0.4, 0.5) is 0 Å². The van der Waals surface area contributed by atoms with E-state index in [0.717, 1.165) is 12.5 Å². The number of furan rings is 1. The fourth-order valence-corrected chi connectivity index (χ4v) is 2.18. The molecule has 0 bridgehead atoms. The summed E-state index contributed by atoms with van der Waals surface area (Å²) in [5.41, 5.74) is 1.19. The zero-order chi connectivity index (χ0) is 17.2. The van der Waals surface area contributed by atoms with Gasteiger partial charge in [0.05, 0.1) is 18.8 Å². The third-order valence-electron chi connectivity index (χ3n) is 3.41. The number of halogens is 1. The lowest BCUT2D eigenvalue weighted by Gasteiger charge is -2.18. The minimum atomic E-state index is -0.231. The molecular formula is C18H25IN4O2. The Morgan fingerprint density at radius 3 is 2.56 bits per heavy atom. The first-order chi connectivity index (χ1) is 11.7. The van der Waals surface area contributed by atoms with E-state index in [1.807, 2.05) is 25.1 Å². The molecular weight excluding hydrogens is 431 g/mol. The van der Waals surface area contributed by atoms with Crippen molar-refractivity contribution < 1.29 is 9.21 Å². The van der Waals surface area contributed by atoms with Crippen molar-refractivity contribution in [2.45, 2.75) is 19.9 Å². The second-order valence-electron chi connectivity index (χ2n) is 5.27. The molecule has 0 saturated heterocycles. The smallest absolute Gasteiger partial charge is 0.287 e. The zero-order valence-corrected chi connectivity index (χ0v) is 16.8. The van der Waals surface area contributed by atoms with Crippen LogP contribution in [0, 0.1) is 0 Å². The number of guanidine groups is 1. The van der Waals surface area contributed by atoms with Gasteiger partial charge in [-0.05, 0) is 31.5 Å². The van der Waals surface area contributed by atoms with Gasteiger partial charge in [-0.1, -0.05) is 30.3 Å². The third kappa shape index (κ3) is 7.16. The Morgan fingerprint density at radius 2 is 1.92 bits per heavy atom. The number of nitrogens with one attached hydrogen (secondary N) is 3. The minimum absolute atomic E-state index is 0. The predicted octanol–water partition coefficient (Wildman–Crippen LogP) is 2.94. The first-order valence-electron chi connectivity index (χ1n) is 8.12. The summed E-state index contributed by atoms with van der Waals surface area (Å²) >= 11 is 0. The van der Waals surface area contributed by atoms with Crippen LogP contribution in [0.1, 0.15) is 36.0 Å². The highest BCUT2D eigenvalue weighted by Crippen LogP contribution is 2.10. The quantitative estimate of drug-likeness (QED) is 0.259. The summed E-state index contributed by atoms with van der Waals surface area (Å²) in [6.07, 6.45) is 1.48. The van der Waals surface area contributed by atoms with Crippen molar-refractivity contribution in [2.24, 2.45) is 4.99 Å². The molecule has 0 saturated carbocycles. The van der Waals surface area contributed by atoms with Crippen molar-refractivity contribution >= 4 is 35.8 Å². The van der Waals surface area contributed by atoms with Crippen LogP contribution < -0.4 is 16.0 Å². The molecule has 3 N–H and O–H groups in total. The van der Waals surface area contributed by atoms with Crippen LogP contribution in [-0.2, 0) is 0 Å². The van der Waals surface area contributed by atoms with Crippen LogP contribution in [0.3, 0.4) is 0 Å². The number of carbonyl (C=O) groups excluding carboxylic acids is 1. The average molecular weight is 456 g/mol. The van der Waals surface area contributed by atoms with Crippen molar-refractivity contribution in [3.63, 3.8) is 0 Å². The molecule has 1 unspecified atom stereocenters. The summed E-state index contributed by atoms with van der Waals surface area (Å²) in [5, 5.41) is 9.34. The number of hydrogen-bond acceptors (Lipinski definition) is 3. The Labute approximate surface area is 165 Å². The van der Waals surface area contributed by atoms with Gasteiger partial charge in [0, 0.05) is 13.1 Å². The van der Waals surface area contributed by atoms with Crippen LogP contribution in [0.2, 0.25) is 0 Å². The number of benzene rings is 1. The topological polar surface area (TPSA) is 78.7 Å². The molecule has 0 aliphatic heterocycles. The third-order valence-corrected chi connectivity index (χ3v) is 3.41. The van der Waals surface area contributed by atoms with Gasteiger partial charge in [0.25, 0.3) is 5.91 Å². The van der Waals surface area contributed by atoms with Crippen LogP contribution in [0.15, 0.2) is 58.1 Å². The minimum Gasteiger partial charge on any atom is -0.459 e. The normalized spacial score (nSPS) is 12.0. The zero-order valence-electron chi connectivity index (χ0n) is 14.5. The summed E-state index contributed by atoms with van der Waals surface area (Å²) in [4.78, 5) is 16.2. The molecule has 2 aromatic rings. The molecule has 0 radical (unpaired) electrons. The van der Waals surface area contributed by atoms with E-state index in [2.05, 4.69) is 40.0 Å². The number of amides is 1. The molecule has 0 aliphatic rings. The fourth-order valence-electron chi connectivity index (χ4n) is 2.18. The molecule has 0 spiro atoms. The highest BCUT2D eigenvalue weighted by Gasteiger charge is 2.08. The molecule has 1 aromatic heterocycles. The molecule has 1 heterocycles.